The maximum Gasteiger partial charge on any atom is 0.147 e. The number of methoxy groups -OCH3 is 1. The van der Waals surface area contributed by atoms with E-state index in [1.165, 1.54) is 11.1 Å². The van der Waals surface area contributed by atoms with Crippen molar-refractivity contribution in [3.05, 3.63) is 62.5 Å². The van der Waals surface area contributed by atoms with Crippen molar-refractivity contribution in [3.63, 3.8) is 0 Å². The van der Waals surface area contributed by atoms with Crippen LogP contribution in [-0.2, 0) is 6.54 Å². The molecule has 0 aliphatic heterocycles. The molecular formula is C16H17Br2NO. The summed E-state index contributed by atoms with van der Waals surface area (Å²) in [5.41, 5.74) is 2.49. The molecule has 106 valence electrons. The number of benzene rings is 2. The monoisotopic (exact) mass is 397 g/mol. The number of halogens is 2. The lowest BCUT2D eigenvalue weighted by atomic mass is 10.1. The minimum Gasteiger partial charge on any atom is -0.494 e. The summed E-state index contributed by atoms with van der Waals surface area (Å²) >= 11 is 7.05. The Morgan fingerprint density at radius 3 is 2.25 bits per heavy atom. The minimum atomic E-state index is 0.316. The van der Waals surface area contributed by atoms with Crippen LogP contribution in [0.3, 0.4) is 0 Å². The van der Waals surface area contributed by atoms with Crippen LogP contribution in [0.1, 0.15) is 24.1 Å². The minimum absolute atomic E-state index is 0.316. The van der Waals surface area contributed by atoms with Crippen LogP contribution < -0.4 is 10.1 Å². The molecule has 0 saturated carbocycles. The van der Waals surface area contributed by atoms with Crippen LogP contribution in [0.4, 0.5) is 0 Å². The average Bonchev–Trinajstić information content (AvgIpc) is 2.45. The Kier molecular flexibility index (Phi) is 5.64. The van der Waals surface area contributed by atoms with E-state index in [-0.39, 0.29) is 0 Å². The molecule has 2 rings (SSSR count). The van der Waals surface area contributed by atoms with Crippen LogP contribution in [0.25, 0.3) is 0 Å². The number of nitrogens with one attached hydrogen (secondary N) is 1. The Labute approximate surface area is 136 Å². The zero-order valence-corrected chi connectivity index (χ0v) is 14.7. The first-order chi connectivity index (χ1) is 9.61. The third-order valence-electron chi connectivity index (χ3n) is 3.17. The maximum absolute atomic E-state index is 5.31. The predicted molar refractivity (Wildman–Crippen MR) is 90.1 cm³/mol. The molecule has 2 aromatic carbocycles. The maximum atomic E-state index is 5.31. The van der Waals surface area contributed by atoms with Crippen molar-refractivity contribution in [2.45, 2.75) is 19.5 Å². The lowest BCUT2D eigenvalue weighted by Crippen LogP contribution is -2.18. The second kappa shape index (κ2) is 7.25. The molecule has 0 radical (unpaired) electrons. The number of rotatable bonds is 5. The summed E-state index contributed by atoms with van der Waals surface area (Å²) in [6.07, 6.45) is 0. The molecule has 0 aliphatic rings. The highest BCUT2D eigenvalue weighted by Crippen LogP contribution is 2.34. The van der Waals surface area contributed by atoms with Gasteiger partial charge in [0, 0.05) is 12.6 Å². The smallest absolute Gasteiger partial charge is 0.147 e. The highest BCUT2D eigenvalue weighted by molar-refractivity contribution is 9.11. The Morgan fingerprint density at radius 2 is 1.70 bits per heavy atom. The molecule has 0 aromatic heterocycles. The molecule has 0 saturated heterocycles. The van der Waals surface area contributed by atoms with E-state index in [9.17, 15) is 0 Å². The van der Waals surface area contributed by atoms with Crippen LogP contribution in [0.5, 0.6) is 5.75 Å². The number of hydrogen-bond donors (Lipinski definition) is 1. The van der Waals surface area contributed by atoms with Gasteiger partial charge in [0.1, 0.15) is 5.75 Å². The van der Waals surface area contributed by atoms with E-state index < -0.39 is 0 Å². The van der Waals surface area contributed by atoms with E-state index >= 15 is 0 Å². The molecular weight excluding hydrogens is 382 g/mol. The lowest BCUT2D eigenvalue weighted by molar-refractivity contribution is 0.409. The summed E-state index contributed by atoms with van der Waals surface area (Å²) in [5.74, 6) is 0.824. The number of ether oxygens (including phenoxy) is 1. The fourth-order valence-electron chi connectivity index (χ4n) is 2.04. The molecule has 0 spiro atoms. The highest BCUT2D eigenvalue weighted by Gasteiger charge is 2.09. The van der Waals surface area contributed by atoms with Crippen LogP contribution >= 0.6 is 31.9 Å². The van der Waals surface area contributed by atoms with Gasteiger partial charge in [0.2, 0.25) is 0 Å². The molecule has 1 atom stereocenters. The molecule has 0 unspecified atom stereocenters. The Morgan fingerprint density at radius 1 is 1.10 bits per heavy atom. The average molecular weight is 399 g/mol. The Bertz CT molecular complexity index is 549. The van der Waals surface area contributed by atoms with Gasteiger partial charge in [0.05, 0.1) is 16.1 Å². The fourth-order valence-corrected chi connectivity index (χ4v) is 3.64. The second-order valence-electron chi connectivity index (χ2n) is 4.61. The van der Waals surface area contributed by atoms with E-state index in [4.69, 9.17) is 4.74 Å². The van der Waals surface area contributed by atoms with Crippen LogP contribution in [-0.4, -0.2) is 7.11 Å². The van der Waals surface area contributed by atoms with Gasteiger partial charge in [-0.1, -0.05) is 30.3 Å². The van der Waals surface area contributed by atoms with Gasteiger partial charge in [0.25, 0.3) is 0 Å². The van der Waals surface area contributed by atoms with Crippen molar-refractivity contribution in [1.29, 1.82) is 0 Å². The van der Waals surface area contributed by atoms with Crippen molar-refractivity contribution in [2.24, 2.45) is 0 Å². The molecule has 2 aromatic rings. The van der Waals surface area contributed by atoms with Crippen LogP contribution in [0, 0.1) is 0 Å². The molecule has 2 nitrogen and oxygen atoms in total. The zero-order valence-electron chi connectivity index (χ0n) is 11.5. The molecule has 1 N–H and O–H groups in total. The topological polar surface area (TPSA) is 21.3 Å². The molecule has 0 amide bonds. The Hall–Kier alpha value is -0.840. The van der Waals surface area contributed by atoms with Gasteiger partial charge >= 0.3 is 0 Å². The summed E-state index contributed by atoms with van der Waals surface area (Å²) in [5, 5.41) is 3.52. The van der Waals surface area contributed by atoms with Gasteiger partial charge < -0.3 is 10.1 Å². The third-order valence-corrected chi connectivity index (χ3v) is 4.35. The summed E-state index contributed by atoms with van der Waals surface area (Å²) in [6.45, 7) is 2.97. The van der Waals surface area contributed by atoms with Crippen molar-refractivity contribution in [1.82, 2.24) is 5.32 Å². The van der Waals surface area contributed by atoms with Gasteiger partial charge in [-0.3, -0.25) is 0 Å². The quantitative estimate of drug-likeness (QED) is 0.758. The van der Waals surface area contributed by atoms with E-state index in [1.54, 1.807) is 7.11 Å². The van der Waals surface area contributed by atoms with E-state index in [0.717, 1.165) is 21.2 Å². The predicted octanol–water partition coefficient (Wildman–Crippen LogP) is 5.07. The van der Waals surface area contributed by atoms with Gasteiger partial charge in [-0.2, -0.15) is 0 Å². The molecule has 0 aliphatic carbocycles. The first-order valence-corrected chi connectivity index (χ1v) is 8.00. The van der Waals surface area contributed by atoms with E-state index in [1.807, 2.05) is 6.07 Å². The lowest BCUT2D eigenvalue weighted by Gasteiger charge is -2.15. The molecule has 4 heteroatoms. The normalized spacial score (nSPS) is 12.2. The van der Waals surface area contributed by atoms with Crippen molar-refractivity contribution in [3.8, 4) is 5.75 Å². The van der Waals surface area contributed by atoms with Gasteiger partial charge in [-0.05, 0) is 62.0 Å². The Balaban J connectivity index is 2.04. The molecule has 0 fully saturated rings. The van der Waals surface area contributed by atoms with Crippen molar-refractivity contribution in [2.75, 3.05) is 7.11 Å². The van der Waals surface area contributed by atoms with Crippen molar-refractivity contribution >= 4 is 31.9 Å². The molecule has 0 heterocycles. The second-order valence-corrected chi connectivity index (χ2v) is 6.31. The molecule has 20 heavy (non-hydrogen) atoms. The van der Waals surface area contributed by atoms with E-state index in [0.29, 0.717) is 6.04 Å². The van der Waals surface area contributed by atoms with E-state index in [2.05, 4.69) is 80.5 Å². The first-order valence-electron chi connectivity index (χ1n) is 6.42. The van der Waals surface area contributed by atoms with Crippen LogP contribution in [0.15, 0.2) is 51.4 Å². The SMILES string of the molecule is COc1c(Br)cc(CN[C@H](C)c2ccccc2)cc1Br. The fraction of sp³-hybridized carbons (Fsp3) is 0.250. The summed E-state index contributed by atoms with van der Waals surface area (Å²) in [6, 6.07) is 14.9. The standard InChI is InChI=1S/C16H17Br2NO/c1-11(13-6-4-3-5-7-13)19-10-12-8-14(17)16(20-2)15(18)9-12/h3-9,11,19H,10H2,1-2H3/t11-/m1/s1. The first kappa shape index (κ1) is 15.5. The number of hydrogen-bond acceptors (Lipinski definition) is 2. The zero-order chi connectivity index (χ0) is 14.5. The summed E-state index contributed by atoms with van der Waals surface area (Å²) in [4.78, 5) is 0. The molecule has 0 bridgehead atoms. The van der Waals surface area contributed by atoms with Gasteiger partial charge in [-0.25, -0.2) is 0 Å². The van der Waals surface area contributed by atoms with Crippen molar-refractivity contribution < 1.29 is 4.74 Å². The van der Waals surface area contributed by atoms with Gasteiger partial charge in [0.15, 0.2) is 0 Å². The van der Waals surface area contributed by atoms with Crippen LogP contribution in [0.2, 0.25) is 0 Å². The summed E-state index contributed by atoms with van der Waals surface area (Å²) in [7, 11) is 1.67. The highest BCUT2D eigenvalue weighted by atomic mass is 79.9. The third kappa shape index (κ3) is 3.84. The van der Waals surface area contributed by atoms with Gasteiger partial charge in [-0.15, -0.1) is 0 Å². The summed E-state index contributed by atoms with van der Waals surface area (Å²) < 4.78 is 7.23. The largest absolute Gasteiger partial charge is 0.494 e.